The predicted molar refractivity (Wildman–Crippen MR) is 73.7 cm³/mol. The zero-order valence-corrected chi connectivity index (χ0v) is 11.1. The molecule has 0 aromatic heterocycles. The zero-order valence-electron chi connectivity index (χ0n) is 11.1. The molecular formula is C14H18N2O3. The lowest BCUT2D eigenvalue weighted by atomic mass is 10.1. The summed E-state index contributed by atoms with van der Waals surface area (Å²) >= 11 is 0. The summed E-state index contributed by atoms with van der Waals surface area (Å²) in [5.41, 5.74) is 1.74. The van der Waals surface area contributed by atoms with Gasteiger partial charge in [-0.2, -0.15) is 0 Å². The van der Waals surface area contributed by atoms with Crippen LogP contribution in [0.15, 0.2) is 30.3 Å². The third kappa shape index (κ3) is 5.25. The largest absolute Gasteiger partial charge is 0.478 e. The van der Waals surface area contributed by atoms with Crippen LogP contribution in [0.4, 0.5) is 4.79 Å². The van der Waals surface area contributed by atoms with E-state index >= 15 is 0 Å². The van der Waals surface area contributed by atoms with Crippen LogP contribution in [0.2, 0.25) is 0 Å². The number of aliphatic carboxylic acids is 1. The van der Waals surface area contributed by atoms with Crippen LogP contribution in [0.3, 0.4) is 0 Å². The summed E-state index contributed by atoms with van der Waals surface area (Å²) < 4.78 is 0. The van der Waals surface area contributed by atoms with E-state index in [1.165, 1.54) is 6.08 Å². The fourth-order valence-electron chi connectivity index (χ4n) is 1.59. The Bertz CT molecular complexity index is 483. The molecule has 0 bridgehead atoms. The molecule has 0 saturated heterocycles. The van der Waals surface area contributed by atoms with E-state index in [9.17, 15) is 9.59 Å². The van der Waals surface area contributed by atoms with E-state index in [1.807, 2.05) is 31.2 Å². The van der Waals surface area contributed by atoms with Gasteiger partial charge in [-0.05, 0) is 30.2 Å². The molecule has 0 aliphatic carbocycles. The number of rotatable bonds is 5. The van der Waals surface area contributed by atoms with Gasteiger partial charge in [0.05, 0.1) is 0 Å². The van der Waals surface area contributed by atoms with Crippen molar-refractivity contribution < 1.29 is 14.7 Å². The molecule has 19 heavy (non-hydrogen) atoms. The van der Waals surface area contributed by atoms with Crippen LogP contribution in [0.5, 0.6) is 0 Å². The van der Waals surface area contributed by atoms with Gasteiger partial charge in [-0.1, -0.05) is 18.2 Å². The molecule has 0 fully saturated rings. The molecule has 5 heteroatoms. The second-order valence-electron chi connectivity index (χ2n) is 4.11. The molecule has 1 rings (SSSR count). The number of carbonyl (C=O) groups is 2. The van der Waals surface area contributed by atoms with Crippen molar-refractivity contribution in [3.05, 3.63) is 41.5 Å². The fraction of sp³-hybridized carbons (Fsp3) is 0.286. The third-order valence-electron chi connectivity index (χ3n) is 2.46. The molecule has 0 unspecified atom stereocenters. The van der Waals surface area contributed by atoms with E-state index in [1.54, 1.807) is 11.9 Å². The molecule has 5 nitrogen and oxygen atoms in total. The lowest BCUT2D eigenvalue weighted by molar-refractivity contribution is -0.131. The quantitative estimate of drug-likeness (QED) is 0.797. The number of urea groups is 1. The molecule has 2 amide bonds. The maximum Gasteiger partial charge on any atom is 0.328 e. The van der Waals surface area contributed by atoms with Gasteiger partial charge in [0, 0.05) is 26.2 Å². The number of carboxylic acids is 1. The lowest BCUT2D eigenvalue weighted by Crippen LogP contribution is -2.36. The van der Waals surface area contributed by atoms with E-state index in [4.69, 9.17) is 5.11 Å². The first-order valence-electron chi connectivity index (χ1n) is 6.02. The first kappa shape index (κ1) is 14.8. The van der Waals surface area contributed by atoms with Crippen LogP contribution < -0.4 is 5.32 Å². The normalized spacial score (nSPS) is 10.4. The van der Waals surface area contributed by atoms with Gasteiger partial charge in [0.15, 0.2) is 0 Å². The van der Waals surface area contributed by atoms with Crippen LogP contribution in [0.25, 0.3) is 6.08 Å². The maximum atomic E-state index is 11.6. The highest BCUT2D eigenvalue weighted by molar-refractivity contribution is 5.85. The lowest BCUT2D eigenvalue weighted by Gasteiger charge is -2.17. The monoisotopic (exact) mass is 262 g/mol. The Kier molecular flexibility index (Phi) is 5.60. The van der Waals surface area contributed by atoms with Crippen LogP contribution in [0, 0.1) is 0 Å². The predicted octanol–water partition coefficient (Wildman–Crippen LogP) is 1.95. The number of hydrogen-bond donors (Lipinski definition) is 2. The number of benzene rings is 1. The summed E-state index contributed by atoms with van der Waals surface area (Å²) in [5, 5.41) is 11.3. The van der Waals surface area contributed by atoms with Crippen LogP contribution >= 0.6 is 0 Å². The molecule has 0 aliphatic heterocycles. The molecule has 1 aromatic carbocycles. The Hall–Kier alpha value is -2.30. The van der Waals surface area contributed by atoms with Crippen molar-refractivity contribution in [2.45, 2.75) is 13.5 Å². The molecule has 102 valence electrons. The Labute approximate surface area is 112 Å². The van der Waals surface area contributed by atoms with E-state index in [-0.39, 0.29) is 6.03 Å². The molecule has 0 heterocycles. The second kappa shape index (κ2) is 7.20. The van der Waals surface area contributed by atoms with E-state index in [0.29, 0.717) is 13.1 Å². The Morgan fingerprint density at radius 2 is 2.16 bits per heavy atom. The van der Waals surface area contributed by atoms with Crippen molar-refractivity contribution in [2.24, 2.45) is 0 Å². The third-order valence-corrected chi connectivity index (χ3v) is 2.46. The molecular weight excluding hydrogens is 244 g/mol. The highest BCUT2D eigenvalue weighted by Gasteiger charge is 2.07. The number of nitrogens with one attached hydrogen (secondary N) is 1. The van der Waals surface area contributed by atoms with E-state index in [2.05, 4.69) is 5.32 Å². The van der Waals surface area contributed by atoms with Gasteiger partial charge < -0.3 is 15.3 Å². The summed E-state index contributed by atoms with van der Waals surface area (Å²) in [6.07, 6.45) is 2.62. The first-order valence-corrected chi connectivity index (χ1v) is 6.02. The van der Waals surface area contributed by atoms with Gasteiger partial charge in [0.1, 0.15) is 0 Å². The van der Waals surface area contributed by atoms with Crippen molar-refractivity contribution >= 4 is 18.1 Å². The molecule has 2 N–H and O–H groups in total. The SMILES string of the molecule is CCNC(=O)N(C)Cc1cccc(/C=C/C(=O)O)c1. The van der Waals surface area contributed by atoms with Crippen molar-refractivity contribution in [1.82, 2.24) is 10.2 Å². The molecule has 0 atom stereocenters. The van der Waals surface area contributed by atoms with Crippen molar-refractivity contribution in [2.75, 3.05) is 13.6 Å². The summed E-state index contributed by atoms with van der Waals surface area (Å²) in [7, 11) is 1.71. The topological polar surface area (TPSA) is 69.6 Å². The van der Waals surface area contributed by atoms with Gasteiger partial charge in [-0.3, -0.25) is 0 Å². The van der Waals surface area contributed by atoms with Gasteiger partial charge >= 0.3 is 12.0 Å². The summed E-state index contributed by atoms with van der Waals surface area (Å²) in [4.78, 5) is 23.6. The van der Waals surface area contributed by atoms with E-state index in [0.717, 1.165) is 17.2 Å². The summed E-state index contributed by atoms with van der Waals surface area (Å²) in [5.74, 6) is -0.982. The Balaban J connectivity index is 2.71. The van der Waals surface area contributed by atoms with Gasteiger partial charge in [0.25, 0.3) is 0 Å². The molecule has 0 saturated carbocycles. The van der Waals surface area contributed by atoms with Gasteiger partial charge in [-0.25, -0.2) is 9.59 Å². The minimum absolute atomic E-state index is 0.131. The zero-order chi connectivity index (χ0) is 14.3. The standard InChI is InChI=1S/C14H18N2O3/c1-3-15-14(19)16(2)10-12-6-4-5-11(9-12)7-8-13(17)18/h4-9H,3,10H2,1-2H3,(H,15,19)(H,17,18)/b8-7+. The minimum Gasteiger partial charge on any atom is -0.478 e. The van der Waals surface area contributed by atoms with Crippen molar-refractivity contribution in [1.29, 1.82) is 0 Å². The Morgan fingerprint density at radius 3 is 2.79 bits per heavy atom. The average molecular weight is 262 g/mol. The second-order valence-corrected chi connectivity index (χ2v) is 4.11. The van der Waals surface area contributed by atoms with Crippen molar-refractivity contribution in [3.63, 3.8) is 0 Å². The number of amides is 2. The van der Waals surface area contributed by atoms with Crippen molar-refractivity contribution in [3.8, 4) is 0 Å². The highest BCUT2D eigenvalue weighted by atomic mass is 16.4. The fourth-order valence-corrected chi connectivity index (χ4v) is 1.59. The van der Waals surface area contributed by atoms with Crippen LogP contribution in [0.1, 0.15) is 18.1 Å². The number of nitrogens with zero attached hydrogens (tertiary/aromatic N) is 1. The average Bonchev–Trinajstić information content (AvgIpc) is 2.37. The molecule has 0 aliphatic rings. The molecule has 1 aromatic rings. The minimum atomic E-state index is -0.982. The molecule has 0 radical (unpaired) electrons. The maximum absolute atomic E-state index is 11.6. The number of carbonyl (C=O) groups excluding carboxylic acids is 1. The van der Waals surface area contributed by atoms with Gasteiger partial charge in [-0.15, -0.1) is 0 Å². The number of carboxylic acid groups (broad SMARTS) is 1. The summed E-state index contributed by atoms with van der Waals surface area (Å²) in [6.45, 7) is 2.92. The highest BCUT2D eigenvalue weighted by Crippen LogP contribution is 2.09. The van der Waals surface area contributed by atoms with E-state index < -0.39 is 5.97 Å². The smallest absolute Gasteiger partial charge is 0.328 e. The summed E-state index contributed by atoms with van der Waals surface area (Å²) in [6, 6.07) is 7.27. The van der Waals surface area contributed by atoms with Crippen LogP contribution in [-0.2, 0) is 11.3 Å². The van der Waals surface area contributed by atoms with Gasteiger partial charge in [0.2, 0.25) is 0 Å². The first-order chi connectivity index (χ1) is 9.02. The number of hydrogen-bond acceptors (Lipinski definition) is 2. The Morgan fingerprint density at radius 1 is 1.42 bits per heavy atom. The van der Waals surface area contributed by atoms with Crippen LogP contribution in [-0.4, -0.2) is 35.6 Å². The molecule has 0 spiro atoms.